The molecule has 2 aromatic heterocycles. The van der Waals surface area contributed by atoms with Gasteiger partial charge in [-0.2, -0.15) is 0 Å². The van der Waals surface area contributed by atoms with Crippen molar-refractivity contribution >= 4 is 11.5 Å². The van der Waals surface area contributed by atoms with Gasteiger partial charge >= 0.3 is 0 Å². The molecule has 0 aliphatic heterocycles. The lowest BCUT2D eigenvalue weighted by Gasteiger charge is -2.11. The zero-order valence-electron chi connectivity index (χ0n) is 8.30. The normalized spacial score (nSPS) is 17.3. The van der Waals surface area contributed by atoms with Gasteiger partial charge < -0.3 is 5.32 Å². The van der Waals surface area contributed by atoms with Crippen LogP contribution in [0.2, 0.25) is 0 Å². The highest BCUT2D eigenvalue weighted by Gasteiger charge is 2.15. The topological polar surface area (TPSA) is 68.0 Å². The molecule has 2 heterocycles. The molecule has 1 aliphatic rings. The number of anilines is 1. The highest BCUT2D eigenvalue weighted by molar-refractivity contribution is 5.42. The van der Waals surface area contributed by atoms with Crippen LogP contribution < -0.4 is 5.32 Å². The van der Waals surface area contributed by atoms with Gasteiger partial charge in [0.1, 0.15) is 5.82 Å². The van der Waals surface area contributed by atoms with E-state index in [4.69, 9.17) is 0 Å². The Balaban J connectivity index is 1.84. The number of fused-ring (bicyclic) bond motifs is 1. The van der Waals surface area contributed by atoms with E-state index in [9.17, 15) is 0 Å². The largest absolute Gasteiger partial charge is 0.366 e. The van der Waals surface area contributed by atoms with Crippen LogP contribution in [0.1, 0.15) is 25.7 Å². The first-order valence-corrected chi connectivity index (χ1v) is 5.24. The first kappa shape index (κ1) is 8.58. The molecular formula is C9H12N6. The van der Waals surface area contributed by atoms with Gasteiger partial charge in [0.15, 0.2) is 5.65 Å². The van der Waals surface area contributed by atoms with Crippen LogP contribution in [-0.2, 0) is 0 Å². The number of nitrogens with one attached hydrogen (secondary N) is 1. The maximum absolute atomic E-state index is 4.27. The van der Waals surface area contributed by atoms with E-state index in [1.54, 1.807) is 0 Å². The van der Waals surface area contributed by atoms with Gasteiger partial charge in [-0.1, -0.05) is 12.8 Å². The average Bonchev–Trinajstić information content (AvgIpc) is 2.87. The SMILES string of the molecule is c1cc2nnnn2nc1NC1CCCC1. The molecule has 0 saturated heterocycles. The van der Waals surface area contributed by atoms with E-state index in [1.165, 1.54) is 30.3 Å². The van der Waals surface area contributed by atoms with Crippen molar-refractivity contribution in [1.29, 1.82) is 0 Å². The Morgan fingerprint density at radius 1 is 1.27 bits per heavy atom. The Kier molecular flexibility index (Phi) is 1.97. The van der Waals surface area contributed by atoms with Crippen molar-refractivity contribution in [1.82, 2.24) is 25.3 Å². The highest BCUT2D eigenvalue weighted by Crippen LogP contribution is 2.21. The highest BCUT2D eigenvalue weighted by atomic mass is 15.6. The lowest BCUT2D eigenvalue weighted by molar-refractivity contribution is 0.710. The van der Waals surface area contributed by atoms with Gasteiger partial charge in [0.25, 0.3) is 0 Å². The molecule has 15 heavy (non-hydrogen) atoms. The van der Waals surface area contributed by atoms with Crippen molar-refractivity contribution < 1.29 is 0 Å². The Labute approximate surface area is 86.7 Å². The van der Waals surface area contributed by atoms with Crippen LogP contribution in [0.4, 0.5) is 5.82 Å². The fourth-order valence-electron chi connectivity index (χ4n) is 2.01. The maximum Gasteiger partial charge on any atom is 0.200 e. The fraction of sp³-hybridized carbons (Fsp3) is 0.556. The Hall–Kier alpha value is -1.72. The van der Waals surface area contributed by atoms with E-state index in [0.717, 1.165) is 5.82 Å². The van der Waals surface area contributed by atoms with E-state index in [-0.39, 0.29) is 0 Å². The molecule has 0 bridgehead atoms. The molecule has 2 aromatic rings. The molecule has 1 saturated carbocycles. The van der Waals surface area contributed by atoms with Crippen molar-refractivity contribution in [2.45, 2.75) is 31.7 Å². The minimum absolute atomic E-state index is 0.562. The quantitative estimate of drug-likeness (QED) is 0.786. The summed E-state index contributed by atoms with van der Waals surface area (Å²) in [5, 5.41) is 18.8. The number of hydrogen-bond acceptors (Lipinski definition) is 5. The van der Waals surface area contributed by atoms with Crippen LogP contribution in [0.3, 0.4) is 0 Å². The first-order chi connectivity index (χ1) is 7.42. The van der Waals surface area contributed by atoms with Gasteiger partial charge in [-0.15, -0.1) is 14.8 Å². The second kappa shape index (κ2) is 3.45. The summed E-state index contributed by atoms with van der Waals surface area (Å²) in [7, 11) is 0. The molecular weight excluding hydrogens is 192 g/mol. The van der Waals surface area contributed by atoms with Crippen LogP contribution in [0.25, 0.3) is 5.65 Å². The third-order valence-corrected chi connectivity index (χ3v) is 2.78. The molecule has 0 amide bonds. The predicted octanol–water partition coefficient (Wildman–Crippen LogP) is 0.874. The van der Waals surface area contributed by atoms with Gasteiger partial charge in [0, 0.05) is 6.04 Å². The summed E-state index contributed by atoms with van der Waals surface area (Å²) in [5.74, 6) is 0.849. The fourth-order valence-corrected chi connectivity index (χ4v) is 2.01. The van der Waals surface area contributed by atoms with E-state index in [0.29, 0.717) is 11.7 Å². The molecule has 1 aliphatic carbocycles. The van der Waals surface area contributed by atoms with Crippen LogP contribution in [0.5, 0.6) is 0 Å². The predicted molar refractivity (Wildman–Crippen MR) is 54.5 cm³/mol. The van der Waals surface area contributed by atoms with Gasteiger partial charge in [0.05, 0.1) is 0 Å². The minimum Gasteiger partial charge on any atom is -0.366 e. The van der Waals surface area contributed by atoms with E-state index in [2.05, 4.69) is 25.9 Å². The molecule has 0 unspecified atom stereocenters. The molecule has 1 N–H and O–H groups in total. The van der Waals surface area contributed by atoms with Crippen molar-refractivity contribution in [3.8, 4) is 0 Å². The summed E-state index contributed by atoms with van der Waals surface area (Å²) in [6, 6.07) is 4.35. The lowest BCUT2D eigenvalue weighted by Crippen LogP contribution is -2.16. The van der Waals surface area contributed by atoms with Crippen molar-refractivity contribution in [2.75, 3.05) is 5.32 Å². The summed E-state index contributed by atoms with van der Waals surface area (Å²) >= 11 is 0. The Morgan fingerprint density at radius 3 is 3.00 bits per heavy atom. The summed E-state index contributed by atoms with van der Waals surface area (Å²) < 4.78 is 1.44. The average molecular weight is 204 g/mol. The number of nitrogens with zero attached hydrogens (tertiary/aromatic N) is 5. The summed E-state index contributed by atoms with van der Waals surface area (Å²) in [6.07, 6.45) is 5.08. The van der Waals surface area contributed by atoms with Crippen LogP contribution >= 0.6 is 0 Å². The van der Waals surface area contributed by atoms with Gasteiger partial charge in [-0.05, 0) is 35.4 Å². The third-order valence-electron chi connectivity index (χ3n) is 2.78. The lowest BCUT2D eigenvalue weighted by atomic mass is 10.2. The van der Waals surface area contributed by atoms with Gasteiger partial charge in [0.2, 0.25) is 0 Å². The number of rotatable bonds is 2. The molecule has 3 rings (SSSR count). The molecule has 1 fully saturated rings. The van der Waals surface area contributed by atoms with Crippen LogP contribution in [0.15, 0.2) is 12.1 Å². The summed E-state index contributed by atoms with van der Waals surface area (Å²) in [4.78, 5) is 0. The first-order valence-electron chi connectivity index (χ1n) is 5.24. The van der Waals surface area contributed by atoms with Crippen molar-refractivity contribution in [3.05, 3.63) is 12.1 Å². The van der Waals surface area contributed by atoms with Gasteiger partial charge in [-0.3, -0.25) is 0 Å². The van der Waals surface area contributed by atoms with Crippen LogP contribution in [-0.4, -0.2) is 31.3 Å². The van der Waals surface area contributed by atoms with Crippen molar-refractivity contribution in [2.24, 2.45) is 0 Å². The van der Waals surface area contributed by atoms with Crippen molar-refractivity contribution in [3.63, 3.8) is 0 Å². The zero-order valence-corrected chi connectivity index (χ0v) is 8.30. The smallest absolute Gasteiger partial charge is 0.200 e. The summed E-state index contributed by atoms with van der Waals surface area (Å²) in [6.45, 7) is 0. The Bertz CT molecular complexity index is 458. The maximum atomic E-state index is 4.27. The molecule has 0 radical (unpaired) electrons. The second-order valence-corrected chi connectivity index (χ2v) is 3.87. The van der Waals surface area contributed by atoms with E-state index in [1.807, 2.05) is 12.1 Å². The molecule has 6 nitrogen and oxygen atoms in total. The number of tetrazole rings is 1. The van der Waals surface area contributed by atoms with Crippen LogP contribution in [0, 0.1) is 0 Å². The third kappa shape index (κ3) is 1.62. The minimum atomic E-state index is 0.562. The number of aromatic nitrogens is 5. The van der Waals surface area contributed by atoms with E-state index >= 15 is 0 Å². The summed E-state index contributed by atoms with van der Waals surface area (Å²) in [5.41, 5.74) is 0.673. The standard InChI is InChI=1S/C9H12N6/c1-2-4-7(3-1)10-8-5-6-9-11-13-14-15(9)12-8/h5-7H,1-4H2,(H,10,12). The number of hydrogen-bond donors (Lipinski definition) is 1. The van der Waals surface area contributed by atoms with Gasteiger partial charge in [-0.25, -0.2) is 0 Å². The van der Waals surface area contributed by atoms with E-state index < -0.39 is 0 Å². The molecule has 6 heteroatoms. The Morgan fingerprint density at radius 2 is 2.13 bits per heavy atom. The molecule has 78 valence electrons. The second-order valence-electron chi connectivity index (χ2n) is 3.87. The zero-order chi connectivity index (χ0) is 10.1. The molecule has 0 spiro atoms. The monoisotopic (exact) mass is 204 g/mol. The molecule has 0 aromatic carbocycles. The molecule has 0 atom stereocenters.